The molecule has 0 aromatic heterocycles. The van der Waals surface area contributed by atoms with E-state index in [4.69, 9.17) is 9.47 Å². The highest BCUT2D eigenvalue weighted by Gasteiger charge is 2.47. The fourth-order valence-corrected chi connectivity index (χ4v) is 5.87. The summed E-state index contributed by atoms with van der Waals surface area (Å²) in [7, 11) is 0. The number of piperidine rings is 1. The minimum absolute atomic E-state index is 0.228. The minimum Gasteiger partial charge on any atom is -0.444 e. The van der Waals surface area contributed by atoms with Crippen LogP contribution in [0.2, 0.25) is 0 Å². The second-order valence-corrected chi connectivity index (χ2v) is 12.2. The number of benzene rings is 2. The lowest BCUT2D eigenvalue weighted by molar-refractivity contribution is -0.117. The molecule has 0 spiro atoms. The second-order valence-electron chi connectivity index (χ2n) is 12.2. The zero-order chi connectivity index (χ0) is 29.2. The molecule has 3 aliphatic heterocycles. The summed E-state index contributed by atoms with van der Waals surface area (Å²) >= 11 is 0. The average Bonchev–Trinajstić information content (AvgIpc) is 3.37. The van der Waals surface area contributed by atoms with Crippen LogP contribution >= 0.6 is 0 Å². The van der Waals surface area contributed by atoms with Crippen LogP contribution in [0.25, 0.3) is 0 Å². The molecule has 0 saturated carbocycles. The molecular formula is C31H40F2N4O4. The number of likely N-dealkylation sites (tertiary alicyclic amines) is 1. The smallest absolute Gasteiger partial charge is 0.414 e. The number of ether oxygens (including phenoxy) is 2. The summed E-state index contributed by atoms with van der Waals surface area (Å²) in [6, 6.07) is 15.6. The number of anilines is 2. The molecule has 2 fully saturated rings. The lowest BCUT2D eigenvalue weighted by Crippen LogP contribution is -2.56. The molecule has 0 aliphatic carbocycles. The van der Waals surface area contributed by atoms with Gasteiger partial charge in [0.15, 0.2) is 0 Å². The van der Waals surface area contributed by atoms with Crippen LogP contribution in [-0.4, -0.2) is 85.9 Å². The first-order valence-electron chi connectivity index (χ1n) is 14.4. The highest BCUT2D eigenvalue weighted by molar-refractivity contribution is 5.92. The van der Waals surface area contributed by atoms with Crippen LogP contribution in [-0.2, 0) is 22.5 Å². The molecule has 1 atom stereocenters. The normalized spacial score (nSPS) is 21.0. The van der Waals surface area contributed by atoms with E-state index >= 15 is 8.78 Å². The number of alkyl halides is 2. The molecular weight excluding hydrogens is 530 g/mol. The highest BCUT2D eigenvalue weighted by Crippen LogP contribution is 2.37. The van der Waals surface area contributed by atoms with Crippen LogP contribution in [0.15, 0.2) is 48.5 Å². The third-order valence-electron chi connectivity index (χ3n) is 8.02. The summed E-state index contributed by atoms with van der Waals surface area (Å²) in [5, 5.41) is 0. The summed E-state index contributed by atoms with van der Waals surface area (Å²) in [4.78, 5) is 32.4. The molecule has 3 aliphatic rings. The number of amides is 2. The molecule has 10 heteroatoms. The van der Waals surface area contributed by atoms with Crippen LogP contribution in [0.4, 0.5) is 29.7 Å². The number of piperazine rings is 1. The monoisotopic (exact) mass is 570 g/mol. The van der Waals surface area contributed by atoms with E-state index in [0.717, 1.165) is 46.9 Å². The van der Waals surface area contributed by atoms with Crippen molar-refractivity contribution in [3.8, 4) is 0 Å². The van der Waals surface area contributed by atoms with Crippen LogP contribution in [0.1, 0.15) is 38.3 Å². The van der Waals surface area contributed by atoms with Crippen molar-refractivity contribution in [2.45, 2.75) is 51.7 Å². The molecule has 8 nitrogen and oxygen atoms in total. The fourth-order valence-electron chi connectivity index (χ4n) is 5.87. The van der Waals surface area contributed by atoms with E-state index in [1.807, 2.05) is 42.5 Å². The predicted molar refractivity (Wildman–Crippen MR) is 154 cm³/mol. The van der Waals surface area contributed by atoms with Gasteiger partial charge in [0, 0.05) is 63.0 Å². The number of carbonyl (C=O) groups excluding carboxylic acids is 2. The Morgan fingerprint density at radius 3 is 2.29 bits per heavy atom. The molecule has 2 aromatic carbocycles. The van der Waals surface area contributed by atoms with E-state index < -0.39 is 30.1 Å². The lowest BCUT2D eigenvalue weighted by Gasteiger charge is -2.43. The molecule has 2 amide bonds. The van der Waals surface area contributed by atoms with Crippen LogP contribution in [0.5, 0.6) is 0 Å². The minimum atomic E-state index is -2.97. The Kier molecular flexibility index (Phi) is 8.40. The van der Waals surface area contributed by atoms with Crippen molar-refractivity contribution in [3.05, 3.63) is 59.7 Å². The zero-order valence-corrected chi connectivity index (χ0v) is 24.2. The third kappa shape index (κ3) is 6.92. The molecule has 0 bridgehead atoms. The first kappa shape index (κ1) is 29.1. The zero-order valence-electron chi connectivity index (χ0n) is 24.2. The summed E-state index contributed by atoms with van der Waals surface area (Å²) < 4.78 is 41.0. The van der Waals surface area contributed by atoms with E-state index in [9.17, 15) is 9.59 Å². The van der Waals surface area contributed by atoms with Crippen molar-refractivity contribution in [2.75, 3.05) is 62.2 Å². The quantitative estimate of drug-likeness (QED) is 0.480. The van der Waals surface area contributed by atoms with Gasteiger partial charge in [-0.3, -0.25) is 9.80 Å². The maximum Gasteiger partial charge on any atom is 0.414 e. The average molecular weight is 571 g/mol. The SMILES string of the molecule is CC(C)(C)OC(=O)N1CCC(CN2CCN(c3cccc4c3CCN4C(=O)OCc3ccccc3)CC2)C(F)(F)C1. The van der Waals surface area contributed by atoms with Crippen LogP contribution in [0.3, 0.4) is 0 Å². The summed E-state index contributed by atoms with van der Waals surface area (Å²) in [5.41, 5.74) is 3.32. The van der Waals surface area contributed by atoms with E-state index in [2.05, 4.69) is 15.9 Å². The summed E-state index contributed by atoms with van der Waals surface area (Å²) in [6.07, 6.45) is -0.0421. The highest BCUT2D eigenvalue weighted by atomic mass is 19.3. The van der Waals surface area contributed by atoms with Gasteiger partial charge >= 0.3 is 12.2 Å². The van der Waals surface area contributed by atoms with Gasteiger partial charge in [-0.15, -0.1) is 0 Å². The van der Waals surface area contributed by atoms with Gasteiger partial charge < -0.3 is 19.3 Å². The van der Waals surface area contributed by atoms with Crippen molar-refractivity contribution in [1.29, 1.82) is 0 Å². The molecule has 41 heavy (non-hydrogen) atoms. The Hall–Kier alpha value is -3.40. The van der Waals surface area contributed by atoms with Crippen LogP contribution in [0, 0.1) is 5.92 Å². The van der Waals surface area contributed by atoms with Gasteiger partial charge in [0.1, 0.15) is 12.2 Å². The van der Waals surface area contributed by atoms with Crippen molar-refractivity contribution in [1.82, 2.24) is 9.80 Å². The second kappa shape index (κ2) is 11.8. The van der Waals surface area contributed by atoms with Gasteiger partial charge in [0.05, 0.1) is 12.2 Å². The van der Waals surface area contributed by atoms with Gasteiger partial charge in [-0.25, -0.2) is 18.4 Å². The number of hydrogen-bond donors (Lipinski definition) is 0. The van der Waals surface area contributed by atoms with Gasteiger partial charge in [-0.05, 0) is 51.3 Å². The number of rotatable bonds is 5. The van der Waals surface area contributed by atoms with E-state index in [-0.39, 0.29) is 25.7 Å². The molecule has 2 saturated heterocycles. The van der Waals surface area contributed by atoms with Crippen molar-refractivity contribution < 1.29 is 27.8 Å². The molecule has 3 heterocycles. The molecule has 1 unspecified atom stereocenters. The first-order chi connectivity index (χ1) is 19.5. The third-order valence-corrected chi connectivity index (χ3v) is 8.02. The standard InChI is InChI=1S/C31H40F2N4O4/c1-30(2,3)41-28(38)36-14-12-24(31(32,33)22-36)20-34-16-18-35(19-17-34)26-10-7-11-27-25(26)13-15-37(27)29(39)40-21-23-8-5-4-6-9-23/h4-11,24H,12-22H2,1-3H3. The molecule has 5 rings (SSSR count). The Bertz CT molecular complexity index is 1230. The largest absolute Gasteiger partial charge is 0.444 e. The van der Waals surface area contributed by atoms with Gasteiger partial charge in [0.2, 0.25) is 0 Å². The first-order valence-corrected chi connectivity index (χ1v) is 14.4. The molecule has 2 aromatic rings. The number of halogens is 2. The topological polar surface area (TPSA) is 65.6 Å². The summed E-state index contributed by atoms with van der Waals surface area (Å²) in [5.74, 6) is -3.77. The number of nitrogens with zero attached hydrogens (tertiary/aromatic N) is 4. The number of fused-ring (bicyclic) bond motifs is 1. The van der Waals surface area contributed by atoms with Gasteiger partial charge in [-0.1, -0.05) is 36.4 Å². The van der Waals surface area contributed by atoms with Gasteiger partial charge in [-0.2, -0.15) is 0 Å². The Morgan fingerprint density at radius 1 is 0.902 bits per heavy atom. The van der Waals surface area contributed by atoms with Crippen LogP contribution < -0.4 is 9.80 Å². The molecule has 0 N–H and O–H groups in total. The Labute approximate surface area is 240 Å². The maximum atomic E-state index is 15.1. The van der Waals surface area contributed by atoms with E-state index in [1.165, 1.54) is 0 Å². The van der Waals surface area contributed by atoms with E-state index in [1.54, 1.807) is 25.7 Å². The fraction of sp³-hybridized carbons (Fsp3) is 0.548. The predicted octanol–water partition coefficient (Wildman–Crippen LogP) is 5.40. The lowest BCUT2D eigenvalue weighted by atomic mass is 9.92. The summed E-state index contributed by atoms with van der Waals surface area (Å²) in [6.45, 7) is 8.75. The van der Waals surface area contributed by atoms with E-state index in [0.29, 0.717) is 26.2 Å². The maximum absolute atomic E-state index is 15.1. The van der Waals surface area contributed by atoms with Gasteiger partial charge in [0.25, 0.3) is 5.92 Å². The Balaban J connectivity index is 1.14. The van der Waals surface area contributed by atoms with Crippen molar-refractivity contribution in [3.63, 3.8) is 0 Å². The number of hydrogen-bond acceptors (Lipinski definition) is 6. The molecule has 222 valence electrons. The Morgan fingerprint density at radius 2 is 1.61 bits per heavy atom. The number of carbonyl (C=O) groups is 2. The molecule has 0 radical (unpaired) electrons. The van der Waals surface area contributed by atoms with Crippen molar-refractivity contribution >= 4 is 23.6 Å². The van der Waals surface area contributed by atoms with Crippen molar-refractivity contribution in [2.24, 2.45) is 5.92 Å².